The van der Waals surface area contributed by atoms with Gasteiger partial charge in [-0.2, -0.15) is 0 Å². The fraction of sp³-hybridized carbons (Fsp3) is 0.533. The number of aromatic carboxylic acids is 1. The number of nitrogens with zero attached hydrogens (tertiary/aromatic N) is 1. The van der Waals surface area contributed by atoms with Crippen molar-refractivity contribution in [3.8, 4) is 5.75 Å². The van der Waals surface area contributed by atoms with Gasteiger partial charge < -0.3 is 9.84 Å². The van der Waals surface area contributed by atoms with Crippen LogP contribution in [0.5, 0.6) is 5.75 Å². The van der Waals surface area contributed by atoms with E-state index in [-0.39, 0.29) is 17.4 Å². The average molecular weight is 293 g/mol. The van der Waals surface area contributed by atoms with Crippen LogP contribution in [-0.4, -0.2) is 22.1 Å². The van der Waals surface area contributed by atoms with Gasteiger partial charge in [-0.25, -0.2) is 4.79 Å². The van der Waals surface area contributed by atoms with E-state index in [9.17, 15) is 20.0 Å². The van der Waals surface area contributed by atoms with E-state index in [0.717, 1.165) is 32.1 Å². The summed E-state index contributed by atoms with van der Waals surface area (Å²) in [6.45, 7) is 2.16. The number of ether oxygens (including phenoxy) is 1. The Balaban J connectivity index is 2.19. The highest BCUT2D eigenvalue weighted by atomic mass is 16.6. The Morgan fingerprint density at radius 3 is 2.57 bits per heavy atom. The molecule has 21 heavy (non-hydrogen) atoms. The number of nitro benzene ring substituents is 1. The first kappa shape index (κ1) is 15.3. The van der Waals surface area contributed by atoms with Crippen LogP contribution in [0.4, 0.5) is 5.69 Å². The minimum atomic E-state index is -1.33. The lowest BCUT2D eigenvalue weighted by Gasteiger charge is -2.28. The molecular formula is C15H19NO5. The summed E-state index contributed by atoms with van der Waals surface area (Å²) in [5.74, 6) is -0.537. The zero-order valence-corrected chi connectivity index (χ0v) is 11.9. The van der Waals surface area contributed by atoms with Crippen LogP contribution < -0.4 is 4.74 Å². The van der Waals surface area contributed by atoms with Crippen LogP contribution in [0, 0.1) is 16.0 Å². The molecule has 0 saturated heterocycles. The summed E-state index contributed by atoms with van der Waals surface area (Å²) in [5, 5.41) is 20.2. The highest BCUT2D eigenvalue weighted by Gasteiger charge is 2.28. The summed E-state index contributed by atoms with van der Waals surface area (Å²) in [7, 11) is 0. The molecule has 0 spiro atoms. The Hall–Kier alpha value is -2.11. The third-order valence-electron chi connectivity index (χ3n) is 4.08. The number of hydrogen-bond acceptors (Lipinski definition) is 4. The lowest BCUT2D eigenvalue weighted by atomic mass is 9.86. The minimum Gasteiger partial charge on any atom is -0.489 e. The minimum absolute atomic E-state index is 0.0621. The summed E-state index contributed by atoms with van der Waals surface area (Å²) >= 11 is 0. The van der Waals surface area contributed by atoms with Crippen molar-refractivity contribution in [2.24, 2.45) is 5.92 Å². The number of carboxylic acids is 1. The number of nitro groups is 1. The van der Waals surface area contributed by atoms with Crippen molar-refractivity contribution in [1.82, 2.24) is 0 Å². The summed E-state index contributed by atoms with van der Waals surface area (Å²) in [5.41, 5.74) is -0.789. The van der Waals surface area contributed by atoms with Crippen molar-refractivity contribution < 1.29 is 19.6 Å². The Bertz CT molecular complexity index is 535. The number of hydrogen-bond donors (Lipinski definition) is 1. The molecule has 0 aromatic heterocycles. The number of rotatable bonds is 5. The van der Waals surface area contributed by atoms with Gasteiger partial charge in [0.2, 0.25) is 0 Å². The summed E-state index contributed by atoms with van der Waals surface area (Å²) in [6.07, 6.45) is 4.91. The average Bonchev–Trinajstić information content (AvgIpc) is 2.47. The van der Waals surface area contributed by atoms with Gasteiger partial charge in [0.05, 0.1) is 11.0 Å². The van der Waals surface area contributed by atoms with E-state index in [1.54, 1.807) is 0 Å². The molecule has 6 nitrogen and oxygen atoms in total. The van der Waals surface area contributed by atoms with Crippen LogP contribution in [0.15, 0.2) is 18.2 Å². The zero-order valence-electron chi connectivity index (χ0n) is 11.9. The van der Waals surface area contributed by atoms with Gasteiger partial charge in [0.15, 0.2) is 5.56 Å². The molecule has 1 saturated carbocycles. The molecule has 1 aliphatic rings. The fourth-order valence-electron chi connectivity index (χ4n) is 2.82. The summed E-state index contributed by atoms with van der Waals surface area (Å²) < 4.78 is 5.75. The normalized spacial score (nSPS) is 21.8. The number of benzene rings is 1. The second kappa shape index (κ2) is 6.56. The van der Waals surface area contributed by atoms with Crippen molar-refractivity contribution in [1.29, 1.82) is 0 Å². The lowest BCUT2D eigenvalue weighted by molar-refractivity contribution is -0.385. The van der Waals surface area contributed by atoms with E-state index >= 15 is 0 Å². The molecule has 1 fully saturated rings. The van der Waals surface area contributed by atoms with Gasteiger partial charge in [0, 0.05) is 6.07 Å². The van der Waals surface area contributed by atoms with E-state index in [1.165, 1.54) is 18.2 Å². The smallest absolute Gasteiger partial charge is 0.346 e. The maximum absolute atomic E-state index is 11.3. The van der Waals surface area contributed by atoms with E-state index in [1.807, 2.05) is 0 Å². The van der Waals surface area contributed by atoms with Gasteiger partial charge in [-0.1, -0.05) is 19.4 Å². The highest BCUT2D eigenvalue weighted by Crippen LogP contribution is 2.33. The molecule has 6 heteroatoms. The predicted octanol–water partition coefficient (Wildman–Crippen LogP) is 3.64. The van der Waals surface area contributed by atoms with E-state index in [0.29, 0.717) is 5.92 Å². The molecule has 0 bridgehead atoms. The second-order valence-corrected chi connectivity index (χ2v) is 5.38. The molecule has 0 radical (unpaired) electrons. The van der Waals surface area contributed by atoms with E-state index < -0.39 is 16.6 Å². The highest BCUT2D eigenvalue weighted by molar-refractivity contribution is 5.95. The second-order valence-electron chi connectivity index (χ2n) is 5.38. The quantitative estimate of drug-likeness (QED) is 0.661. The van der Waals surface area contributed by atoms with Crippen molar-refractivity contribution >= 4 is 11.7 Å². The molecule has 0 aliphatic heterocycles. The zero-order chi connectivity index (χ0) is 15.4. The topological polar surface area (TPSA) is 89.7 Å². The van der Waals surface area contributed by atoms with Crippen LogP contribution >= 0.6 is 0 Å². The first-order valence-corrected chi connectivity index (χ1v) is 7.20. The lowest BCUT2D eigenvalue weighted by Crippen LogP contribution is -2.24. The largest absolute Gasteiger partial charge is 0.489 e. The Morgan fingerprint density at radius 2 is 2.05 bits per heavy atom. The van der Waals surface area contributed by atoms with Crippen LogP contribution in [0.3, 0.4) is 0 Å². The SMILES string of the molecule is CCC1CCC(Oc2cccc([N+](=O)[O-])c2C(=O)O)CC1. The van der Waals surface area contributed by atoms with Gasteiger partial charge in [-0.3, -0.25) is 10.1 Å². The molecule has 0 atom stereocenters. The van der Waals surface area contributed by atoms with Crippen molar-refractivity contribution in [3.05, 3.63) is 33.9 Å². The maximum Gasteiger partial charge on any atom is 0.346 e. The molecule has 1 aliphatic carbocycles. The molecule has 0 unspecified atom stereocenters. The molecule has 1 aromatic carbocycles. The van der Waals surface area contributed by atoms with Crippen LogP contribution in [-0.2, 0) is 0 Å². The molecule has 0 heterocycles. The monoisotopic (exact) mass is 293 g/mol. The molecule has 2 rings (SSSR count). The first-order chi connectivity index (χ1) is 10.0. The van der Waals surface area contributed by atoms with Crippen LogP contribution in [0.2, 0.25) is 0 Å². The Morgan fingerprint density at radius 1 is 1.38 bits per heavy atom. The number of carboxylic acid groups (broad SMARTS) is 1. The van der Waals surface area contributed by atoms with Crippen molar-refractivity contribution in [2.45, 2.75) is 45.1 Å². The van der Waals surface area contributed by atoms with Crippen molar-refractivity contribution in [2.75, 3.05) is 0 Å². The van der Waals surface area contributed by atoms with Crippen LogP contribution in [0.25, 0.3) is 0 Å². The van der Waals surface area contributed by atoms with Gasteiger partial charge >= 0.3 is 5.97 Å². The molecule has 0 amide bonds. The Labute approximate surface area is 122 Å². The Kier molecular flexibility index (Phi) is 4.77. The van der Waals surface area contributed by atoms with E-state index in [4.69, 9.17) is 4.74 Å². The maximum atomic E-state index is 11.3. The predicted molar refractivity (Wildman–Crippen MR) is 76.7 cm³/mol. The van der Waals surface area contributed by atoms with E-state index in [2.05, 4.69) is 6.92 Å². The summed E-state index contributed by atoms with van der Waals surface area (Å²) in [4.78, 5) is 21.6. The molecular weight excluding hydrogens is 274 g/mol. The summed E-state index contributed by atoms with van der Waals surface area (Å²) in [6, 6.07) is 4.13. The number of carbonyl (C=O) groups is 1. The van der Waals surface area contributed by atoms with Gasteiger partial charge in [-0.05, 0) is 37.7 Å². The fourth-order valence-corrected chi connectivity index (χ4v) is 2.82. The third-order valence-corrected chi connectivity index (χ3v) is 4.08. The third kappa shape index (κ3) is 3.51. The first-order valence-electron chi connectivity index (χ1n) is 7.20. The van der Waals surface area contributed by atoms with Gasteiger partial charge in [-0.15, -0.1) is 0 Å². The molecule has 1 N–H and O–H groups in total. The van der Waals surface area contributed by atoms with Gasteiger partial charge in [0.25, 0.3) is 5.69 Å². The molecule has 114 valence electrons. The van der Waals surface area contributed by atoms with Gasteiger partial charge in [0.1, 0.15) is 5.75 Å². The standard InChI is InChI=1S/C15H19NO5/c1-2-10-6-8-11(9-7-10)21-13-5-3-4-12(16(19)20)14(13)15(17)18/h3-5,10-11H,2,6-9H2,1H3,(H,17,18). The van der Waals surface area contributed by atoms with Crippen molar-refractivity contribution in [3.63, 3.8) is 0 Å². The van der Waals surface area contributed by atoms with Crippen LogP contribution in [0.1, 0.15) is 49.4 Å². The molecule has 1 aromatic rings.